The molecule has 1 aromatic carbocycles. The molecule has 126 valence electrons. The zero-order valence-electron chi connectivity index (χ0n) is 13.6. The van der Waals surface area contributed by atoms with E-state index in [1.807, 2.05) is 37.4 Å². The monoisotopic (exact) mass is 329 g/mol. The Kier molecular flexibility index (Phi) is 4.50. The van der Waals surface area contributed by atoms with Gasteiger partial charge in [-0.1, -0.05) is 12.1 Å². The second kappa shape index (κ2) is 6.74. The normalized spacial score (nSPS) is 16.5. The molecule has 2 heterocycles. The number of esters is 1. The van der Waals surface area contributed by atoms with Crippen molar-refractivity contribution in [3.8, 4) is 5.75 Å². The number of fused-ring (bicyclic) bond motifs is 1. The fourth-order valence-corrected chi connectivity index (χ4v) is 2.63. The van der Waals surface area contributed by atoms with Gasteiger partial charge in [-0.05, 0) is 25.1 Å². The highest BCUT2D eigenvalue weighted by molar-refractivity contribution is 6.01. The summed E-state index contributed by atoms with van der Waals surface area (Å²) in [5.41, 5.74) is 1.45. The number of nitrogens with zero attached hydrogens (tertiary/aromatic N) is 3. The molecule has 0 aliphatic carbocycles. The Morgan fingerprint density at radius 1 is 1.33 bits per heavy atom. The summed E-state index contributed by atoms with van der Waals surface area (Å²) in [7, 11) is 1.29. The highest BCUT2D eigenvalue weighted by Crippen LogP contribution is 2.35. The lowest BCUT2D eigenvalue weighted by Crippen LogP contribution is -2.46. The minimum Gasteiger partial charge on any atom is -0.478 e. The van der Waals surface area contributed by atoms with E-state index in [1.54, 1.807) is 15.6 Å². The van der Waals surface area contributed by atoms with E-state index in [1.165, 1.54) is 7.11 Å². The lowest BCUT2D eigenvalue weighted by molar-refractivity contribution is -0.145. The fraction of sp³-hybridized carbons (Fsp3) is 0.353. The van der Waals surface area contributed by atoms with Crippen molar-refractivity contribution in [2.24, 2.45) is 0 Å². The third-order valence-electron chi connectivity index (χ3n) is 3.89. The van der Waals surface area contributed by atoms with Gasteiger partial charge in [0, 0.05) is 12.7 Å². The first-order valence-corrected chi connectivity index (χ1v) is 7.78. The van der Waals surface area contributed by atoms with Crippen LogP contribution in [0.4, 0.5) is 5.69 Å². The highest BCUT2D eigenvalue weighted by atomic mass is 16.5. The maximum Gasteiger partial charge on any atom is 0.309 e. The SMILES string of the molecule is CCn1ccc(CN2C(=O)[C@H](CC(=O)OC)Oc3ccccc32)n1. The summed E-state index contributed by atoms with van der Waals surface area (Å²) < 4.78 is 12.2. The zero-order chi connectivity index (χ0) is 17.1. The Balaban J connectivity index is 1.89. The molecule has 0 N–H and O–H groups in total. The largest absolute Gasteiger partial charge is 0.478 e. The average Bonchev–Trinajstić information content (AvgIpc) is 3.06. The van der Waals surface area contributed by atoms with Gasteiger partial charge >= 0.3 is 5.97 Å². The average molecular weight is 329 g/mol. The molecule has 7 heteroatoms. The van der Waals surface area contributed by atoms with Crippen LogP contribution in [-0.4, -0.2) is 34.9 Å². The molecule has 0 radical (unpaired) electrons. The van der Waals surface area contributed by atoms with Crippen LogP contribution in [0.1, 0.15) is 19.0 Å². The van der Waals surface area contributed by atoms with E-state index >= 15 is 0 Å². The molecule has 1 atom stereocenters. The smallest absolute Gasteiger partial charge is 0.309 e. The zero-order valence-corrected chi connectivity index (χ0v) is 13.6. The Morgan fingerprint density at radius 2 is 2.12 bits per heavy atom. The van der Waals surface area contributed by atoms with E-state index in [0.717, 1.165) is 12.2 Å². The molecule has 0 fully saturated rings. The second-order valence-electron chi connectivity index (χ2n) is 5.44. The minimum atomic E-state index is -0.888. The van der Waals surface area contributed by atoms with Crippen molar-refractivity contribution in [3.05, 3.63) is 42.2 Å². The molecule has 0 saturated carbocycles. The van der Waals surface area contributed by atoms with Gasteiger partial charge in [0.15, 0.2) is 6.10 Å². The number of ether oxygens (including phenoxy) is 2. The maximum atomic E-state index is 12.8. The van der Waals surface area contributed by atoms with E-state index < -0.39 is 12.1 Å². The topological polar surface area (TPSA) is 73.7 Å². The number of methoxy groups -OCH3 is 1. The number of carbonyl (C=O) groups is 2. The van der Waals surface area contributed by atoms with Crippen molar-refractivity contribution in [1.29, 1.82) is 0 Å². The van der Waals surface area contributed by atoms with E-state index in [2.05, 4.69) is 9.84 Å². The molecule has 2 aromatic rings. The van der Waals surface area contributed by atoms with E-state index in [4.69, 9.17) is 4.74 Å². The van der Waals surface area contributed by atoms with E-state index in [0.29, 0.717) is 18.0 Å². The highest BCUT2D eigenvalue weighted by Gasteiger charge is 2.36. The van der Waals surface area contributed by atoms with Crippen LogP contribution in [0.3, 0.4) is 0 Å². The molecular weight excluding hydrogens is 310 g/mol. The van der Waals surface area contributed by atoms with E-state index in [9.17, 15) is 9.59 Å². The number of aromatic nitrogens is 2. The molecule has 7 nitrogen and oxygen atoms in total. The molecule has 1 amide bonds. The first-order valence-electron chi connectivity index (χ1n) is 7.78. The summed E-state index contributed by atoms with van der Waals surface area (Å²) in [6.45, 7) is 3.08. The predicted molar refractivity (Wildman–Crippen MR) is 86.6 cm³/mol. The Morgan fingerprint density at radius 3 is 2.83 bits per heavy atom. The van der Waals surface area contributed by atoms with Crippen LogP contribution in [0, 0.1) is 0 Å². The van der Waals surface area contributed by atoms with Crippen LogP contribution >= 0.6 is 0 Å². The first-order chi connectivity index (χ1) is 11.6. The van der Waals surface area contributed by atoms with Gasteiger partial charge in [-0.25, -0.2) is 0 Å². The van der Waals surface area contributed by atoms with Crippen molar-refractivity contribution in [1.82, 2.24) is 9.78 Å². The number of benzene rings is 1. The summed E-state index contributed by atoms with van der Waals surface area (Å²) in [5.74, 6) is -0.186. The summed E-state index contributed by atoms with van der Waals surface area (Å²) in [6.07, 6.45) is 0.863. The van der Waals surface area contributed by atoms with Crippen molar-refractivity contribution >= 4 is 17.6 Å². The van der Waals surface area contributed by atoms with Gasteiger partial charge in [0.05, 0.1) is 31.5 Å². The molecule has 1 aliphatic heterocycles. The molecule has 0 bridgehead atoms. The van der Waals surface area contributed by atoms with Gasteiger partial charge in [-0.2, -0.15) is 5.10 Å². The van der Waals surface area contributed by atoms with Crippen LogP contribution in [0.5, 0.6) is 5.75 Å². The summed E-state index contributed by atoms with van der Waals surface area (Å²) >= 11 is 0. The Bertz CT molecular complexity index is 756. The summed E-state index contributed by atoms with van der Waals surface area (Å²) in [6, 6.07) is 9.15. The quantitative estimate of drug-likeness (QED) is 0.782. The Labute approximate surface area is 139 Å². The van der Waals surface area contributed by atoms with Gasteiger partial charge < -0.3 is 9.47 Å². The molecule has 24 heavy (non-hydrogen) atoms. The lowest BCUT2D eigenvalue weighted by atomic mass is 10.1. The van der Waals surface area contributed by atoms with Crippen LogP contribution in [0.2, 0.25) is 0 Å². The fourth-order valence-electron chi connectivity index (χ4n) is 2.63. The number of rotatable bonds is 5. The molecular formula is C17H19N3O4. The predicted octanol–water partition coefficient (Wildman–Crippen LogP) is 1.76. The number of para-hydroxylation sites is 2. The number of amides is 1. The van der Waals surface area contributed by atoms with Gasteiger partial charge in [0.2, 0.25) is 0 Å². The van der Waals surface area contributed by atoms with Gasteiger partial charge in [-0.15, -0.1) is 0 Å². The van der Waals surface area contributed by atoms with Gasteiger partial charge in [-0.3, -0.25) is 19.2 Å². The number of aryl methyl sites for hydroxylation is 1. The minimum absolute atomic E-state index is 0.121. The van der Waals surface area contributed by atoms with Crippen LogP contribution in [0.15, 0.2) is 36.5 Å². The third kappa shape index (κ3) is 3.10. The summed E-state index contributed by atoms with van der Waals surface area (Å²) in [5, 5.41) is 4.42. The number of hydrogen-bond donors (Lipinski definition) is 0. The molecule has 0 spiro atoms. The second-order valence-corrected chi connectivity index (χ2v) is 5.44. The first kappa shape index (κ1) is 16.0. The number of anilines is 1. The van der Waals surface area contributed by atoms with Crippen molar-refractivity contribution in [3.63, 3.8) is 0 Å². The van der Waals surface area contributed by atoms with Crippen LogP contribution in [0.25, 0.3) is 0 Å². The lowest BCUT2D eigenvalue weighted by Gasteiger charge is -2.33. The number of hydrogen-bond acceptors (Lipinski definition) is 5. The van der Waals surface area contributed by atoms with Crippen molar-refractivity contribution in [2.75, 3.05) is 12.0 Å². The van der Waals surface area contributed by atoms with Crippen molar-refractivity contribution in [2.45, 2.75) is 32.5 Å². The van der Waals surface area contributed by atoms with Gasteiger partial charge in [0.25, 0.3) is 5.91 Å². The standard InChI is InChI=1S/C17H19N3O4/c1-3-19-9-8-12(18-19)11-20-13-6-4-5-7-14(13)24-15(17(20)22)10-16(21)23-2/h4-9,15H,3,10-11H2,1-2H3/t15-/m0/s1. The molecule has 1 aliphatic rings. The molecule has 0 saturated heterocycles. The molecule has 0 unspecified atom stereocenters. The van der Waals surface area contributed by atoms with Crippen LogP contribution in [-0.2, 0) is 27.4 Å². The van der Waals surface area contributed by atoms with Crippen LogP contribution < -0.4 is 9.64 Å². The number of carbonyl (C=O) groups excluding carboxylic acids is 2. The Hall–Kier alpha value is -2.83. The maximum absolute atomic E-state index is 12.8. The van der Waals surface area contributed by atoms with E-state index in [-0.39, 0.29) is 12.3 Å². The summed E-state index contributed by atoms with van der Waals surface area (Å²) in [4.78, 5) is 25.9. The molecule has 3 rings (SSSR count). The third-order valence-corrected chi connectivity index (χ3v) is 3.89. The van der Waals surface area contributed by atoms with Gasteiger partial charge in [0.1, 0.15) is 5.75 Å². The van der Waals surface area contributed by atoms with Crippen molar-refractivity contribution < 1.29 is 19.1 Å². The molecule has 1 aromatic heterocycles.